The molecule has 0 saturated carbocycles. The van der Waals surface area contributed by atoms with Crippen LogP contribution in [0.25, 0.3) is 0 Å². The number of allylic oxidation sites excluding steroid dienone is 3. The summed E-state index contributed by atoms with van der Waals surface area (Å²) in [5.74, 6) is 2.44. The normalized spacial score (nSPS) is 17.9. The first-order valence-electron chi connectivity index (χ1n) is 12.6. The van der Waals surface area contributed by atoms with Gasteiger partial charge in [0, 0.05) is 31.9 Å². The molecule has 32 heavy (non-hydrogen) atoms. The van der Waals surface area contributed by atoms with Crippen LogP contribution in [0.3, 0.4) is 0 Å². The van der Waals surface area contributed by atoms with Gasteiger partial charge in [-0.25, -0.2) is 0 Å². The molecule has 0 aromatic heterocycles. The van der Waals surface area contributed by atoms with Crippen LogP contribution in [0.1, 0.15) is 72.6 Å². The fraction of sp³-hybridized carbons (Fsp3) is 0.704. The Labute approximate surface area is 197 Å². The third-order valence-corrected chi connectivity index (χ3v) is 5.48. The maximum atomic E-state index is 6.15. The van der Waals surface area contributed by atoms with Crippen LogP contribution in [0.4, 0.5) is 0 Å². The molecule has 2 unspecified atom stereocenters. The summed E-state index contributed by atoms with van der Waals surface area (Å²) in [4.78, 5) is 0. The number of hydrogen-bond acceptors (Lipinski definition) is 5. The van der Waals surface area contributed by atoms with E-state index in [-0.39, 0.29) is 6.10 Å². The molecule has 184 valence electrons. The average molecular weight is 449 g/mol. The SMILES string of the molecule is CC=CC(OCC)/C(=C\CNCNCC1=CCC(C)C=C1OC)OCCCCCCCC. The molecule has 1 rings (SSSR count). The zero-order valence-electron chi connectivity index (χ0n) is 21.3. The van der Waals surface area contributed by atoms with Crippen molar-refractivity contribution in [1.82, 2.24) is 10.6 Å². The minimum Gasteiger partial charge on any atom is -0.497 e. The van der Waals surface area contributed by atoms with Gasteiger partial charge in [0.15, 0.2) is 0 Å². The Balaban J connectivity index is 2.43. The minimum absolute atomic E-state index is 0.122. The van der Waals surface area contributed by atoms with E-state index >= 15 is 0 Å². The van der Waals surface area contributed by atoms with Crippen molar-refractivity contribution in [3.05, 3.63) is 47.5 Å². The van der Waals surface area contributed by atoms with Crippen LogP contribution in [-0.4, -0.2) is 46.2 Å². The highest BCUT2D eigenvalue weighted by molar-refractivity contribution is 5.31. The molecule has 0 spiro atoms. The smallest absolute Gasteiger partial charge is 0.132 e. The molecule has 0 radical (unpaired) electrons. The van der Waals surface area contributed by atoms with Crippen LogP contribution in [0, 0.1) is 5.92 Å². The highest BCUT2D eigenvalue weighted by Crippen LogP contribution is 2.22. The maximum absolute atomic E-state index is 6.15. The Morgan fingerprint density at radius 1 is 1.16 bits per heavy atom. The lowest BCUT2D eigenvalue weighted by atomic mass is 9.97. The topological polar surface area (TPSA) is 51.8 Å². The molecule has 2 N–H and O–H groups in total. The Morgan fingerprint density at radius 2 is 1.94 bits per heavy atom. The third kappa shape index (κ3) is 12.5. The second kappa shape index (κ2) is 19.0. The zero-order chi connectivity index (χ0) is 23.4. The van der Waals surface area contributed by atoms with Gasteiger partial charge in [-0.3, -0.25) is 0 Å². The largest absolute Gasteiger partial charge is 0.497 e. The number of hydrogen-bond donors (Lipinski definition) is 2. The molecular weight excluding hydrogens is 400 g/mol. The molecule has 2 atom stereocenters. The van der Waals surface area contributed by atoms with Crippen molar-refractivity contribution < 1.29 is 14.2 Å². The molecule has 0 bridgehead atoms. The Kier molecular flexibility index (Phi) is 16.9. The molecule has 0 aromatic rings. The first-order chi connectivity index (χ1) is 15.7. The fourth-order valence-corrected chi connectivity index (χ4v) is 3.67. The quantitative estimate of drug-likeness (QED) is 0.112. The van der Waals surface area contributed by atoms with Gasteiger partial charge in [0.2, 0.25) is 0 Å². The van der Waals surface area contributed by atoms with Gasteiger partial charge in [-0.05, 0) is 44.8 Å². The lowest BCUT2D eigenvalue weighted by molar-refractivity contribution is 0.0612. The van der Waals surface area contributed by atoms with Gasteiger partial charge in [-0.15, -0.1) is 0 Å². The molecule has 0 aliphatic heterocycles. The molecule has 1 aliphatic rings. The summed E-state index contributed by atoms with van der Waals surface area (Å²) in [5, 5.41) is 6.87. The van der Waals surface area contributed by atoms with Gasteiger partial charge in [0.25, 0.3) is 0 Å². The number of unbranched alkanes of at least 4 members (excludes halogenated alkanes) is 5. The molecular formula is C27H48N2O3. The van der Waals surface area contributed by atoms with E-state index < -0.39 is 0 Å². The number of ether oxygens (including phenoxy) is 3. The van der Waals surface area contributed by atoms with E-state index in [9.17, 15) is 0 Å². The van der Waals surface area contributed by atoms with Gasteiger partial charge < -0.3 is 24.8 Å². The molecule has 1 aliphatic carbocycles. The summed E-state index contributed by atoms with van der Waals surface area (Å²) < 4.78 is 17.6. The van der Waals surface area contributed by atoms with Crippen LogP contribution in [0.15, 0.2) is 47.5 Å². The van der Waals surface area contributed by atoms with Crippen LogP contribution in [0.2, 0.25) is 0 Å². The van der Waals surface area contributed by atoms with Gasteiger partial charge in [0.05, 0.1) is 13.7 Å². The van der Waals surface area contributed by atoms with E-state index in [4.69, 9.17) is 14.2 Å². The molecule has 0 amide bonds. The Hall–Kier alpha value is -1.56. The molecule has 5 heteroatoms. The molecule has 0 saturated heterocycles. The van der Waals surface area contributed by atoms with E-state index in [0.717, 1.165) is 44.1 Å². The monoisotopic (exact) mass is 448 g/mol. The fourth-order valence-electron chi connectivity index (χ4n) is 3.67. The Bertz CT molecular complexity index is 596. The predicted octanol–water partition coefficient (Wildman–Crippen LogP) is 5.86. The van der Waals surface area contributed by atoms with Crippen molar-refractivity contribution in [3.8, 4) is 0 Å². The second-order valence-electron chi connectivity index (χ2n) is 8.36. The molecule has 5 nitrogen and oxygen atoms in total. The first kappa shape index (κ1) is 28.5. The van der Waals surface area contributed by atoms with Crippen molar-refractivity contribution in [2.24, 2.45) is 5.92 Å². The number of nitrogens with one attached hydrogen (secondary N) is 2. The highest BCUT2D eigenvalue weighted by Gasteiger charge is 2.14. The van der Waals surface area contributed by atoms with Crippen LogP contribution < -0.4 is 10.6 Å². The maximum Gasteiger partial charge on any atom is 0.132 e. The number of rotatable bonds is 19. The van der Waals surface area contributed by atoms with Gasteiger partial charge in [0.1, 0.15) is 17.6 Å². The molecule has 0 fully saturated rings. The Morgan fingerprint density at radius 3 is 2.66 bits per heavy atom. The van der Waals surface area contributed by atoms with E-state index in [1.807, 2.05) is 19.9 Å². The lowest BCUT2D eigenvalue weighted by Crippen LogP contribution is -2.31. The summed E-state index contributed by atoms with van der Waals surface area (Å²) in [6, 6.07) is 0. The predicted molar refractivity (Wildman–Crippen MR) is 135 cm³/mol. The van der Waals surface area contributed by atoms with Gasteiger partial charge in [-0.1, -0.05) is 64.2 Å². The zero-order valence-corrected chi connectivity index (χ0v) is 21.3. The average Bonchev–Trinajstić information content (AvgIpc) is 2.79. The number of methoxy groups -OCH3 is 1. The van der Waals surface area contributed by atoms with E-state index in [0.29, 0.717) is 19.2 Å². The van der Waals surface area contributed by atoms with Crippen molar-refractivity contribution in [1.29, 1.82) is 0 Å². The molecule has 0 aromatic carbocycles. The summed E-state index contributed by atoms with van der Waals surface area (Å²) in [6.07, 6.45) is 19.2. The third-order valence-electron chi connectivity index (χ3n) is 5.48. The van der Waals surface area contributed by atoms with E-state index in [2.05, 4.69) is 48.8 Å². The van der Waals surface area contributed by atoms with Gasteiger partial charge >= 0.3 is 0 Å². The van der Waals surface area contributed by atoms with Crippen molar-refractivity contribution in [2.75, 3.05) is 40.1 Å². The summed E-state index contributed by atoms with van der Waals surface area (Å²) in [6.45, 7) is 12.1. The lowest BCUT2D eigenvalue weighted by Gasteiger charge is -2.20. The van der Waals surface area contributed by atoms with Crippen molar-refractivity contribution in [3.63, 3.8) is 0 Å². The van der Waals surface area contributed by atoms with Crippen molar-refractivity contribution in [2.45, 2.75) is 78.7 Å². The van der Waals surface area contributed by atoms with E-state index in [1.165, 1.54) is 37.7 Å². The first-order valence-corrected chi connectivity index (χ1v) is 12.6. The van der Waals surface area contributed by atoms with Gasteiger partial charge in [-0.2, -0.15) is 0 Å². The van der Waals surface area contributed by atoms with Crippen LogP contribution in [-0.2, 0) is 14.2 Å². The second-order valence-corrected chi connectivity index (χ2v) is 8.36. The summed E-state index contributed by atoms with van der Waals surface area (Å²) in [5.41, 5.74) is 1.23. The summed E-state index contributed by atoms with van der Waals surface area (Å²) >= 11 is 0. The van der Waals surface area contributed by atoms with Crippen LogP contribution >= 0.6 is 0 Å². The molecule has 0 heterocycles. The minimum atomic E-state index is -0.122. The highest BCUT2D eigenvalue weighted by atomic mass is 16.5. The van der Waals surface area contributed by atoms with Crippen molar-refractivity contribution >= 4 is 0 Å². The standard InChI is InChI=1S/C27H48N2O3/c1-6-9-10-11-12-13-19-32-26(25(14-7-2)31-8-3)17-18-28-22-29-21-24-16-15-23(4)20-27(24)30-5/h7,14,16-17,20,23,25,28-29H,6,8-13,15,18-19,21-22H2,1-5H3/b14-7?,26-17+. The van der Waals surface area contributed by atoms with E-state index in [1.54, 1.807) is 7.11 Å². The summed E-state index contributed by atoms with van der Waals surface area (Å²) in [7, 11) is 1.74. The van der Waals surface area contributed by atoms with Crippen LogP contribution in [0.5, 0.6) is 0 Å².